The third-order valence-electron chi connectivity index (χ3n) is 3.87. The largest absolute Gasteiger partial charge is 0.480 e. The predicted molar refractivity (Wildman–Crippen MR) is 77.7 cm³/mol. The molecule has 1 aromatic carbocycles. The van der Waals surface area contributed by atoms with E-state index in [-0.39, 0.29) is 12.0 Å². The summed E-state index contributed by atoms with van der Waals surface area (Å²) in [5, 5.41) is 19.0. The zero-order valence-electron chi connectivity index (χ0n) is 11.7. The van der Waals surface area contributed by atoms with Crippen molar-refractivity contribution in [2.24, 2.45) is 5.73 Å². The highest BCUT2D eigenvalue weighted by Crippen LogP contribution is 2.38. The molecule has 5 heteroatoms. The molecule has 4 N–H and O–H groups in total. The number of benzene rings is 1. The molecule has 0 amide bonds. The predicted octanol–water partition coefficient (Wildman–Crippen LogP) is 1.83. The second-order valence-electron chi connectivity index (χ2n) is 5.16. The van der Waals surface area contributed by atoms with Gasteiger partial charge in [-0.05, 0) is 23.6 Å². The molecule has 1 aromatic rings. The third-order valence-corrected chi connectivity index (χ3v) is 3.87. The van der Waals surface area contributed by atoms with Gasteiger partial charge in [0.25, 0.3) is 0 Å². The van der Waals surface area contributed by atoms with Gasteiger partial charge in [0.05, 0.1) is 0 Å². The van der Waals surface area contributed by atoms with E-state index in [1.54, 1.807) is 37.3 Å². The Hall–Kier alpha value is -2.40. The standard InChI is InChI=1S/C16H17NO4/c1-10-5-6-16(15(20)21,8-13(10)14(18)19)12-4-2-3-11(7-12)9-17/h2-7H,8-9,17H2,1H3,(H,18,19)(H,20,21). The average Bonchev–Trinajstić information content (AvgIpc) is 2.47. The molecule has 5 nitrogen and oxygen atoms in total. The molecule has 0 bridgehead atoms. The Morgan fingerprint density at radius 3 is 2.62 bits per heavy atom. The highest BCUT2D eigenvalue weighted by atomic mass is 16.4. The Morgan fingerprint density at radius 2 is 2.05 bits per heavy atom. The minimum absolute atomic E-state index is 0.0754. The van der Waals surface area contributed by atoms with Gasteiger partial charge in [0.1, 0.15) is 5.41 Å². The van der Waals surface area contributed by atoms with Crippen LogP contribution in [-0.4, -0.2) is 22.2 Å². The maximum Gasteiger partial charge on any atom is 0.331 e. The molecule has 1 aliphatic carbocycles. The summed E-state index contributed by atoms with van der Waals surface area (Å²) in [4.78, 5) is 23.2. The molecule has 110 valence electrons. The second kappa shape index (κ2) is 5.54. The molecule has 1 unspecified atom stereocenters. The second-order valence-corrected chi connectivity index (χ2v) is 5.16. The fraction of sp³-hybridized carbons (Fsp3) is 0.250. The highest BCUT2D eigenvalue weighted by molar-refractivity contribution is 5.93. The maximum atomic E-state index is 11.9. The molecule has 0 fully saturated rings. The van der Waals surface area contributed by atoms with Gasteiger partial charge < -0.3 is 15.9 Å². The Bertz CT molecular complexity index is 660. The fourth-order valence-corrected chi connectivity index (χ4v) is 2.53. The lowest BCUT2D eigenvalue weighted by atomic mass is 9.71. The fourth-order valence-electron chi connectivity index (χ4n) is 2.53. The van der Waals surface area contributed by atoms with E-state index in [2.05, 4.69) is 0 Å². The van der Waals surface area contributed by atoms with Gasteiger partial charge in [0.2, 0.25) is 0 Å². The minimum Gasteiger partial charge on any atom is -0.480 e. The normalized spacial score (nSPS) is 21.4. The smallest absolute Gasteiger partial charge is 0.331 e. The van der Waals surface area contributed by atoms with E-state index in [1.807, 2.05) is 6.07 Å². The molecule has 0 spiro atoms. The van der Waals surface area contributed by atoms with Crippen LogP contribution in [0.1, 0.15) is 24.5 Å². The van der Waals surface area contributed by atoms with Crippen LogP contribution in [-0.2, 0) is 21.5 Å². The van der Waals surface area contributed by atoms with E-state index in [0.717, 1.165) is 5.56 Å². The number of hydrogen-bond acceptors (Lipinski definition) is 3. The van der Waals surface area contributed by atoms with E-state index in [4.69, 9.17) is 5.73 Å². The lowest BCUT2D eigenvalue weighted by molar-refractivity contribution is -0.142. The van der Waals surface area contributed by atoms with Gasteiger partial charge in [0, 0.05) is 18.5 Å². The van der Waals surface area contributed by atoms with Crippen LogP contribution >= 0.6 is 0 Å². The van der Waals surface area contributed by atoms with Crippen LogP contribution in [0.5, 0.6) is 0 Å². The van der Waals surface area contributed by atoms with Crippen molar-refractivity contribution >= 4 is 11.9 Å². The summed E-state index contributed by atoms with van der Waals surface area (Å²) in [6.07, 6.45) is 3.05. The van der Waals surface area contributed by atoms with Crippen LogP contribution in [0.2, 0.25) is 0 Å². The number of aliphatic carboxylic acids is 2. The molecule has 0 radical (unpaired) electrons. The van der Waals surface area contributed by atoms with Gasteiger partial charge in [-0.25, -0.2) is 4.79 Å². The van der Waals surface area contributed by atoms with E-state index in [9.17, 15) is 19.8 Å². The van der Waals surface area contributed by atoms with Gasteiger partial charge in [-0.15, -0.1) is 0 Å². The van der Waals surface area contributed by atoms with E-state index >= 15 is 0 Å². The molecule has 1 aliphatic rings. The molecule has 21 heavy (non-hydrogen) atoms. The van der Waals surface area contributed by atoms with Crippen molar-refractivity contribution in [1.82, 2.24) is 0 Å². The third kappa shape index (κ3) is 2.60. The topological polar surface area (TPSA) is 101 Å². The molecular formula is C16H17NO4. The monoisotopic (exact) mass is 287 g/mol. The zero-order chi connectivity index (χ0) is 15.6. The zero-order valence-corrected chi connectivity index (χ0v) is 11.7. The Labute approximate surface area is 122 Å². The van der Waals surface area contributed by atoms with Crippen molar-refractivity contribution in [3.8, 4) is 0 Å². The SMILES string of the molecule is CC1=C(C(=O)O)CC(C(=O)O)(c2cccc(CN)c2)C=C1. The summed E-state index contributed by atoms with van der Waals surface area (Å²) in [6, 6.07) is 6.96. The van der Waals surface area contributed by atoms with E-state index < -0.39 is 17.4 Å². The molecule has 0 aliphatic heterocycles. The quantitative estimate of drug-likeness (QED) is 0.784. The number of rotatable bonds is 4. The number of carbonyl (C=O) groups is 2. The van der Waals surface area contributed by atoms with Crippen LogP contribution in [0.15, 0.2) is 47.6 Å². The highest BCUT2D eigenvalue weighted by Gasteiger charge is 2.42. The molecule has 0 heterocycles. The van der Waals surface area contributed by atoms with Gasteiger partial charge in [-0.2, -0.15) is 0 Å². The van der Waals surface area contributed by atoms with Crippen LogP contribution in [0.25, 0.3) is 0 Å². The first-order chi connectivity index (χ1) is 9.90. The number of hydrogen-bond donors (Lipinski definition) is 3. The molecule has 2 rings (SSSR count). The van der Waals surface area contributed by atoms with Crippen molar-refractivity contribution in [2.75, 3.05) is 0 Å². The van der Waals surface area contributed by atoms with Gasteiger partial charge in [0.15, 0.2) is 0 Å². The summed E-state index contributed by atoms with van der Waals surface area (Å²) in [6.45, 7) is 1.97. The first-order valence-corrected chi connectivity index (χ1v) is 6.56. The number of carboxylic acids is 2. The molecule has 0 saturated carbocycles. The molecular weight excluding hydrogens is 270 g/mol. The number of carboxylic acid groups (broad SMARTS) is 2. The minimum atomic E-state index is -1.36. The summed E-state index contributed by atoms with van der Waals surface area (Å²) in [5.74, 6) is -2.16. The van der Waals surface area contributed by atoms with Crippen LogP contribution in [0.3, 0.4) is 0 Å². The van der Waals surface area contributed by atoms with Crippen molar-refractivity contribution in [3.63, 3.8) is 0 Å². The first-order valence-electron chi connectivity index (χ1n) is 6.56. The van der Waals surface area contributed by atoms with Crippen molar-refractivity contribution in [1.29, 1.82) is 0 Å². The van der Waals surface area contributed by atoms with Crippen LogP contribution < -0.4 is 5.73 Å². The average molecular weight is 287 g/mol. The Kier molecular flexibility index (Phi) is 3.95. The van der Waals surface area contributed by atoms with Crippen molar-refractivity contribution in [2.45, 2.75) is 25.3 Å². The summed E-state index contributed by atoms with van der Waals surface area (Å²) >= 11 is 0. The lowest BCUT2D eigenvalue weighted by Crippen LogP contribution is -2.37. The van der Waals surface area contributed by atoms with Crippen molar-refractivity contribution in [3.05, 3.63) is 58.7 Å². The Balaban J connectivity index is 2.57. The van der Waals surface area contributed by atoms with Gasteiger partial charge >= 0.3 is 11.9 Å². The summed E-state index contributed by atoms with van der Waals surface area (Å²) in [7, 11) is 0. The summed E-state index contributed by atoms with van der Waals surface area (Å²) in [5.41, 5.74) is 6.29. The maximum absolute atomic E-state index is 11.9. The van der Waals surface area contributed by atoms with Gasteiger partial charge in [-0.3, -0.25) is 4.79 Å². The number of allylic oxidation sites excluding steroid dienone is 2. The van der Waals surface area contributed by atoms with E-state index in [1.165, 1.54) is 0 Å². The van der Waals surface area contributed by atoms with Gasteiger partial charge in [-0.1, -0.05) is 36.4 Å². The van der Waals surface area contributed by atoms with Crippen molar-refractivity contribution < 1.29 is 19.8 Å². The Morgan fingerprint density at radius 1 is 1.33 bits per heavy atom. The lowest BCUT2D eigenvalue weighted by Gasteiger charge is -2.30. The van der Waals surface area contributed by atoms with Crippen LogP contribution in [0, 0.1) is 0 Å². The number of nitrogens with two attached hydrogens (primary N) is 1. The molecule has 0 saturated heterocycles. The summed E-state index contributed by atoms with van der Waals surface area (Å²) < 4.78 is 0. The molecule has 0 aromatic heterocycles. The molecule has 1 atom stereocenters. The van der Waals surface area contributed by atoms with Crippen LogP contribution in [0.4, 0.5) is 0 Å². The van der Waals surface area contributed by atoms with E-state index in [0.29, 0.717) is 17.7 Å². The first kappa shape index (κ1) is 15.0.